The van der Waals surface area contributed by atoms with E-state index in [2.05, 4.69) is 11.4 Å². The Kier molecular flexibility index (Phi) is 3.79. The Hall–Kier alpha value is -1.96. The number of hydrogen-bond donors (Lipinski definition) is 1. The van der Waals surface area contributed by atoms with Gasteiger partial charge in [0.1, 0.15) is 0 Å². The fourth-order valence-electron chi connectivity index (χ4n) is 2.13. The number of rotatable bonds is 2. The summed E-state index contributed by atoms with van der Waals surface area (Å²) in [5, 5.41) is 11.8. The standard InChI is InChI=1S/C14H13F3N2/c15-14(16,17)13-8-12(7-6-10(13)9-18)19-11-4-2-1-3-5-11/h1-2,6-8,11,19H,3-5H2. The predicted molar refractivity (Wildman–Crippen MR) is 66.6 cm³/mol. The van der Waals surface area contributed by atoms with Crippen LogP contribution in [0.15, 0.2) is 30.4 Å². The first-order valence-corrected chi connectivity index (χ1v) is 6.03. The molecule has 1 N–H and O–H groups in total. The number of nitriles is 1. The van der Waals surface area contributed by atoms with Gasteiger partial charge in [-0.15, -0.1) is 0 Å². The molecule has 2 nitrogen and oxygen atoms in total. The van der Waals surface area contributed by atoms with Crippen LogP contribution in [0.4, 0.5) is 18.9 Å². The number of hydrogen-bond acceptors (Lipinski definition) is 2. The van der Waals surface area contributed by atoms with Crippen LogP contribution in [0.2, 0.25) is 0 Å². The number of nitrogens with zero attached hydrogens (tertiary/aromatic N) is 1. The monoisotopic (exact) mass is 266 g/mol. The van der Waals surface area contributed by atoms with Crippen LogP contribution in [-0.4, -0.2) is 6.04 Å². The Morgan fingerprint density at radius 1 is 1.26 bits per heavy atom. The molecule has 0 amide bonds. The molecule has 0 aliphatic heterocycles. The first-order chi connectivity index (χ1) is 9.00. The van der Waals surface area contributed by atoms with E-state index in [1.807, 2.05) is 6.08 Å². The van der Waals surface area contributed by atoms with E-state index in [1.165, 1.54) is 12.1 Å². The smallest absolute Gasteiger partial charge is 0.382 e. The number of anilines is 1. The molecule has 0 fully saturated rings. The van der Waals surface area contributed by atoms with Gasteiger partial charge in [-0.3, -0.25) is 0 Å². The fourth-order valence-corrected chi connectivity index (χ4v) is 2.13. The van der Waals surface area contributed by atoms with E-state index in [0.717, 1.165) is 25.3 Å². The zero-order chi connectivity index (χ0) is 13.9. The van der Waals surface area contributed by atoms with Crippen LogP contribution in [0.5, 0.6) is 0 Å². The van der Waals surface area contributed by atoms with Crippen LogP contribution in [0.1, 0.15) is 30.4 Å². The molecule has 1 aliphatic rings. The third kappa shape index (κ3) is 3.28. The van der Waals surface area contributed by atoms with Gasteiger partial charge in [-0.2, -0.15) is 18.4 Å². The van der Waals surface area contributed by atoms with Crippen molar-refractivity contribution in [1.29, 1.82) is 5.26 Å². The Morgan fingerprint density at radius 3 is 2.63 bits per heavy atom. The normalized spacial score (nSPS) is 18.9. The minimum atomic E-state index is -4.50. The average molecular weight is 266 g/mol. The summed E-state index contributed by atoms with van der Waals surface area (Å²) in [6.07, 6.45) is 2.22. The molecule has 2 rings (SSSR count). The minimum absolute atomic E-state index is 0.152. The molecule has 19 heavy (non-hydrogen) atoms. The molecule has 1 atom stereocenters. The molecule has 0 saturated carbocycles. The lowest BCUT2D eigenvalue weighted by molar-refractivity contribution is -0.137. The molecule has 0 aromatic heterocycles. The molecule has 0 bridgehead atoms. The lowest BCUT2D eigenvalue weighted by atomic mass is 10.0. The fraction of sp³-hybridized carbons (Fsp3) is 0.357. The molecular formula is C14H13F3N2. The van der Waals surface area contributed by atoms with Crippen LogP contribution in [0, 0.1) is 11.3 Å². The summed E-state index contributed by atoms with van der Waals surface area (Å²) in [6.45, 7) is 0. The van der Waals surface area contributed by atoms with E-state index >= 15 is 0 Å². The van der Waals surface area contributed by atoms with Crippen molar-refractivity contribution < 1.29 is 13.2 Å². The van der Waals surface area contributed by atoms with Gasteiger partial charge >= 0.3 is 6.18 Å². The third-order valence-electron chi connectivity index (χ3n) is 3.09. The number of alkyl halides is 3. The van der Waals surface area contributed by atoms with Gasteiger partial charge in [-0.1, -0.05) is 12.2 Å². The van der Waals surface area contributed by atoms with Gasteiger partial charge in [-0.05, 0) is 37.5 Å². The van der Waals surface area contributed by atoms with Crippen molar-refractivity contribution in [3.05, 3.63) is 41.5 Å². The van der Waals surface area contributed by atoms with Crippen molar-refractivity contribution in [3.63, 3.8) is 0 Å². The molecule has 0 spiro atoms. The quantitative estimate of drug-likeness (QED) is 0.818. The molecule has 1 unspecified atom stereocenters. The molecule has 0 radical (unpaired) electrons. The van der Waals surface area contributed by atoms with Gasteiger partial charge in [0.05, 0.1) is 17.2 Å². The van der Waals surface area contributed by atoms with E-state index < -0.39 is 11.7 Å². The van der Waals surface area contributed by atoms with Gasteiger partial charge in [0.2, 0.25) is 0 Å². The summed E-state index contributed by atoms with van der Waals surface area (Å²) in [4.78, 5) is 0. The first kappa shape index (κ1) is 13.5. The zero-order valence-corrected chi connectivity index (χ0v) is 10.2. The predicted octanol–water partition coefficient (Wildman–Crippen LogP) is 4.10. The molecule has 1 aromatic carbocycles. The van der Waals surface area contributed by atoms with E-state index in [-0.39, 0.29) is 11.6 Å². The SMILES string of the molecule is N#Cc1ccc(NC2CC=CCC2)cc1C(F)(F)F. The second-order valence-electron chi connectivity index (χ2n) is 4.50. The van der Waals surface area contributed by atoms with Crippen molar-refractivity contribution in [2.75, 3.05) is 5.32 Å². The van der Waals surface area contributed by atoms with E-state index in [1.54, 1.807) is 6.07 Å². The van der Waals surface area contributed by atoms with Crippen molar-refractivity contribution in [3.8, 4) is 6.07 Å². The molecule has 0 saturated heterocycles. The van der Waals surface area contributed by atoms with Crippen molar-refractivity contribution >= 4 is 5.69 Å². The second-order valence-corrected chi connectivity index (χ2v) is 4.50. The van der Waals surface area contributed by atoms with Gasteiger partial charge in [-0.25, -0.2) is 0 Å². The van der Waals surface area contributed by atoms with Crippen LogP contribution in [-0.2, 0) is 6.18 Å². The van der Waals surface area contributed by atoms with Crippen molar-refractivity contribution in [2.24, 2.45) is 0 Å². The summed E-state index contributed by atoms with van der Waals surface area (Å²) in [7, 11) is 0. The molecule has 100 valence electrons. The lowest BCUT2D eigenvalue weighted by Crippen LogP contribution is -2.20. The second kappa shape index (κ2) is 5.35. The van der Waals surface area contributed by atoms with Crippen LogP contribution >= 0.6 is 0 Å². The molecular weight excluding hydrogens is 253 g/mol. The van der Waals surface area contributed by atoms with E-state index in [9.17, 15) is 13.2 Å². The maximum atomic E-state index is 12.8. The van der Waals surface area contributed by atoms with Gasteiger partial charge in [0.25, 0.3) is 0 Å². The summed E-state index contributed by atoms with van der Waals surface area (Å²) in [5.74, 6) is 0. The molecule has 5 heteroatoms. The highest BCUT2D eigenvalue weighted by molar-refractivity contribution is 5.53. The summed E-state index contributed by atoms with van der Waals surface area (Å²) < 4.78 is 38.4. The highest BCUT2D eigenvalue weighted by atomic mass is 19.4. The van der Waals surface area contributed by atoms with Crippen LogP contribution in [0.3, 0.4) is 0 Å². The molecule has 1 aliphatic carbocycles. The highest BCUT2D eigenvalue weighted by Crippen LogP contribution is 2.34. The van der Waals surface area contributed by atoms with Gasteiger partial charge < -0.3 is 5.32 Å². The summed E-state index contributed by atoms with van der Waals surface area (Å²) >= 11 is 0. The number of benzene rings is 1. The van der Waals surface area contributed by atoms with Crippen LogP contribution in [0.25, 0.3) is 0 Å². The van der Waals surface area contributed by atoms with Gasteiger partial charge in [0.15, 0.2) is 0 Å². The Bertz CT molecular complexity index is 526. The van der Waals surface area contributed by atoms with E-state index in [4.69, 9.17) is 5.26 Å². The van der Waals surface area contributed by atoms with Crippen molar-refractivity contribution in [2.45, 2.75) is 31.5 Å². The largest absolute Gasteiger partial charge is 0.417 e. The number of allylic oxidation sites excluding steroid dienone is 1. The van der Waals surface area contributed by atoms with E-state index in [0.29, 0.717) is 5.69 Å². The average Bonchev–Trinajstić information content (AvgIpc) is 2.39. The summed E-state index contributed by atoms with van der Waals surface area (Å²) in [5.41, 5.74) is -0.820. The Balaban J connectivity index is 2.23. The Morgan fingerprint density at radius 2 is 2.05 bits per heavy atom. The van der Waals surface area contributed by atoms with Crippen LogP contribution < -0.4 is 5.32 Å². The molecule has 0 heterocycles. The zero-order valence-electron chi connectivity index (χ0n) is 10.2. The maximum absolute atomic E-state index is 12.8. The minimum Gasteiger partial charge on any atom is -0.382 e. The number of halogens is 3. The molecule has 1 aromatic rings. The first-order valence-electron chi connectivity index (χ1n) is 6.03. The third-order valence-corrected chi connectivity index (χ3v) is 3.09. The van der Waals surface area contributed by atoms with Gasteiger partial charge in [0, 0.05) is 11.7 Å². The topological polar surface area (TPSA) is 35.8 Å². The summed E-state index contributed by atoms with van der Waals surface area (Å²) in [6, 6.07) is 5.47. The van der Waals surface area contributed by atoms with Crippen molar-refractivity contribution in [1.82, 2.24) is 0 Å². The Labute approximate surface area is 109 Å². The number of nitrogens with one attached hydrogen (secondary N) is 1. The maximum Gasteiger partial charge on any atom is 0.417 e. The highest BCUT2D eigenvalue weighted by Gasteiger charge is 2.33. The lowest BCUT2D eigenvalue weighted by Gasteiger charge is -2.21.